The van der Waals surface area contributed by atoms with Gasteiger partial charge in [-0.05, 0) is 48.6 Å². The highest BCUT2D eigenvalue weighted by atomic mass is 15.2. The number of hydrogen-bond acceptors (Lipinski definition) is 4. The molecule has 3 rings (SSSR count). The molecular formula is C14H12N4. The van der Waals surface area contributed by atoms with Gasteiger partial charge >= 0.3 is 0 Å². The van der Waals surface area contributed by atoms with Crippen molar-refractivity contribution in [2.75, 3.05) is 5.32 Å². The highest BCUT2D eigenvalue weighted by Crippen LogP contribution is 2.27. The zero-order valence-corrected chi connectivity index (χ0v) is 9.85. The Kier molecular flexibility index (Phi) is 2.66. The fourth-order valence-electron chi connectivity index (χ4n) is 2.34. The first-order valence-corrected chi connectivity index (χ1v) is 5.98. The molecule has 0 atom stereocenters. The topological polar surface area (TPSA) is 61.6 Å². The van der Waals surface area contributed by atoms with Crippen molar-refractivity contribution in [2.45, 2.75) is 19.3 Å². The van der Waals surface area contributed by atoms with Crippen LogP contribution in [0.5, 0.6) is 0 Å². The van der Waals surface area contributed by atoms with E-state index < -0.39 is 0 Å². The third-order valence-electron chi connectivity index (χ3n) is 3.24. The summed E-state index contributed by atoms with van der Waals surface area (Å²) in [6.45, 7) is 0. The first-order valence-electron chi connectivity index (χ1n) is 5.98. The summed E-state index contributed by atoms with van der Waals surface area (Å²) in [6.07, 6.45) is 5.41. The number of nitriles is 1. The lowest BCUT2D eigenvalue weighted by atomic mass is 10.0. The molecule has 18 heavy (non-hydrogen) atoms. The van der Waals surface area contributed by atoms with Crippen LogP contribution in [0.3, 0.4) is 0 Å². The zero-order valence-electron chi connectivity index (χ0n) is 9.85. The normalized spacial score (nSPS) is 12.8. The van der Waals surface area contributed by atoms with E-state index in [4.69, 9.17) is 5.26 Å². The van der Waals surface area contributed by atoms with E-state index in [1.807, 2.05) is 12.3 Å². The molecule has 1 aromatic carbocycles. The molecular weight excluding hydrogens is 224 g/mol. The highest BCUT2D eigenvalue weighted by Gasteiger charge is 2.11. The molecule has 0 bridgehead atoms. The van der Waals surface area contributed by atoms with Crippen LogP contribution in [-0.2, 0) is 12.8 Å². The molecule has 0 aliphatic heterocycles. The lowest BCUT2D eigenvalue weighted by Gasteiger charge is -2.04. The van der Waals surface area contributed by atoms with Crippen LogP contribution in [0.4, 0.5) is 5.82 Å². The van der Waals surface area contributed by atoms with E-state index in [1.165, 1.54) is 24.0 Å². The summed E-state index contributed by atoms with van der Waals surface area (Å²) in [7, 11) is 0. The van der Waals surface area contributed by atoms with Crippen molar-refractivity contribution < 1.29 is 0 Å². The summed E-state index contributed by atoms with van der Waals surface area (Å²) in [4.78, 5) is 0. The standard InChI is InChI=1S/C14H12N4/c15-9-16-14-7-6-13(17-18-14)12-5-4-10-2-1-3-11(10)8-12/h4-8H,1-3H2,(H,16,18). The van der Waals surface area contributed by atoms with Gasteiger partial charge in [-0.25, -0.2) is 0 Å². The van der Waals surface area contributed by atoms with Crippen LogP contribution in [0.15, 0.2) is 30.3 Å². The summed E-state index contributed by atoms with van der Waals surface area (Å²) >= 11 is 0. The fraction of sp³-hybridized carbons (Fsp3) is 0.214. The van der Waals surface area contributed by atoms with E-state index in [9.17, 15) is 0 Å². The molecule has 0 spiro atoms. The van der Waals surface area contributed by atoms with E-state index >= 15 is 0 Å². The highest BCUT2D eigenvalue weighted by molar-refractivity contribution is 5.62. The van der Waals surface area contributed by atoms with Gasteiger partial charge in [0.25, 0.3) is 0 Å². The van der Waals surface area contributed by atoms with E-state index in [2.05, 4.69) is 33.7 Å². The predicted octanol–water partition coefficient (Wildman–Crippen LogP) is 2.53. The third-order valence-corrected chi connectivity index (χ3v) is 3.24. The molecule has 1 aromatic heterocycles. The number of nitrogens with one attached hydrogen (secondary N) is 1. The van der Waals surface area contributed by atoms with Crippen molar-refractivity contribution in [3.63, 3.8) is 0 Å². The summed E-state index contributed by atoms with van der Waals surface area (Å²) in [5.74, 6) is 0.474. The molecule has 4 nitrogen and oxygen atoms in total. The van der Waals surface area contributed by atoms with Gasteiger partial charge in [-0.2, -0.15) is 5.26 Å². The summed E-state index contributed by atoms with van der Waals surface area (Å²) < 4.78 is 0. The quantitative estimate of drug-likeness (QED) is 0.643. The van der Waals surface area contributed by atoms with Gasteiger partial charge in [0.05, 0.1) is 5.69 Å². The fourth-order valence-corrected chi connectivity index (χ4v) is 2.34. The predicted molar refractivity (Wildman–Crippen MR) is 68.7 cm³/mol. The lowest BCUT2D eigenvalue weighted by molar-refractivity contribution is 0.912. The molecule has 1 aliphatic rings. The molecule has 2 aromatic rings. The van der Waals surface area contributed by atoms with Gasteiger partial charge in [-0.3, -0.25) is 5.32 Å². The van der Waals surface area contributed by atoms with Crippen LogP contribution in [0.25, 0.3) is 11.3 Å². The Bertz CT molecular complexity index is 611. The monoisotopic (exact) mass is 236 g/mol. The van der Waals surface area contributed by atoms with Crippen molar-refractivity contribution in [1.29, 1.82) is 5.26 Å². The van der Waals surface area contributed by atoms with Gasteiger partial charge in [0, 0.05) is 5.56 Å². The largest absolute Gasteiger partial charge is 0.275 e. The Labute approximate surface area is 105 Å². The Morgan fingerprint density at radius 2 is 1.94 bits per heavy atom. The second kappa shape index (κ2) is 4.46. The minimum absolute atomic E-state index is 0.474. The Balaban J connectivity index is 1.93. The van der Waals surface area contributed by atoms with Crippen molar-refractivity contribution in [2.24, 2.45) is 0 Å². The maximum atomic E-state index is 8.48. The maximum Gasteiger partial charge on any atom is 0.182 e. The van der Waals surface area contributed by atoms with E-state index in [0.29, 0.717) is 5.82 Å². The zero-order chi connectivity index (χ0) is 12.4. The molecule has 1 aliphatic carbocycles. The molecule has 88 valence electrons. The Morgan fingerprint density at radius 1 is 1.06 bits per heavy atom. The number of anilines is 1. The van der Waals surface area contributed by atoms with Crippen LogP contribution in [0.1, 0.15) is 17.5 Å². The first kappa shape index (κ1) is 10.7. The van der Waals surface area contributed by atoms with Gasteiger partial charge in [-0.1, -0.05) is 12.1 Å². The van der Waals surface area contributed by atoms with Gasteiger partial charge in [0.2, 0.25) is 0 Å². The van der Waals surface area contributed by atoms with Crippen LogP contribution in [0, 0.1) is 11.5 Å². The molecule has 1 heterocycles. The second-order valence-electron chi connectivity index (χ2n) is 4.38. The summed E-state index contributed by atoms with van der Waals surface area (Å²) in [5.41, 5.74) is 4.81. The third kappa shape index (κ3) is 1.91. The Morgan fingerprint density at radius 3 is 2.72 bits per heavy atom. The molecule has 0 saturated heterocycles. The number of aryl methyl sites for hydroxylation is 2. The minimum atomic E-state index is 0.474. The van der Waals surface area contributed by atoms with Gasteiger partial charge in [0.1, 0.15) is 0 Å². The smallest absolute Gasteiger partial charge is 0.182 e. The molecule has 4 heteroatoms. The molecule has 0 amide bonds. The summed E-state index contributed by atoms with van der Waals surface area (Å²) in [5, 5.41) is 19.0. The van der Waals surface area contributed by atoms with Crippen molar-refractivity contribution in [3.05, 3.63) is 41.5 Å². The number of benzene rings is 1. The minimum Gasteiger partial charge on any atom is -0.275 e. The van der Waals surface area contributed by atoms with Gasteiger partial charge in [0.15, 0.2) is 12.0 Å². The number of rotatable bonds is 2. The Hall–Kier alpha value is -2.41. The average molecular weight is 236 g/mol. The average Bonchev–Trinajstić information content (AvgIpc) is 2.87. The molecule has 0 unspecified atom stereocenters. The first-order chi connectivity index (χ1) is 8.86. The van der Waals surface area contributed by atoms with Crippen molar-refractivity contribution in [1.82, 2.24) is 10.2 Å². The second-order valence-corrected chi connectivity index (χ2v) is 4.38. The van der Waals surface area contributed by atoms with Crippen LogP contribution in [-0.4, -0.2) is 10.2 Å². The van der Waals surface area contributed by atoms with E-state index in [0.717, 1.165) is 17.7 Å². The molecule has 0 fully saturated rings. The molecule has 0 saturated carbocycles. The maximum absolute atomic E-state index is 8.48. The van der Waals surface area contributed by atoms with E-state index in [1.54, 1.807) is 6.07 Å². The van der Waals surface area contributed by atoms with Crippen LogP contribution in [0.2, 0.25) is 0 Å². The van der Waals surface area contributed by atoms with Gasteiger partial charge < -0.3 is 0 Å². The van der Waals surface area contributed by atoms with Crippen molar-refractivity contribution >= 4 is 5.82 Å². The van der Waals surface area contributed by atoms with E-state index in [-0.39, 0.29) is 0 Å². The van der Waals surface area contributed by atoms with Gasteiger partial charge in [-0.15, -0.1) is 10.2 Å². The number of nitrogens with zero attached hydrogens (tertiary/aromatic N) is 3. The molecule has 0 radical (unpaired) electrons. The number of hydrogen-bond donors (Lipinski definition) is 1. The molecule has 1 N–H and O–H groups in total. The van der Waals surface area contributed by atoms with Crippen molar-refractivity contribution in [3.8, 4) is 17.5 Å². The van der Waals surface area contributed by atoms with Crippen LogP contribution < -0.4 is 5.32 Å². The summed E-state index contributed by atoms with van der Waals surface area (Å²) in [6, 6.07) is 10.1. The van der Waals surface area contributed by atoms with Crippen LogP contribution >= 0.6 is 0 Å². The SMILES string of the molecule is N#CNc1ccc(-c2ccc3c(c2)CCC3)nn1. The lowest BCUT2D eigenvalue weighted by Crippen LogP contribution is -1.95. The number of fused-ring (bicyclic) bond motifs is 1. The number of aromatic nitrogens is 2.